The second kappa shape index (κ2) is 22.0. The van der Waals surface area contributed by atoms with Crippen LogP contribution in [-0.2, 0) is 51.2 Å². The molecule has 2 aromatic rings. The summed E-state index contributed by atoms with van der Waals surface area (Å²) in [7, 11) is 0. The molecular formula is C33H45N9O9. The molecule has 4 atom stereocenters. The van der Waals surface area contributed by atoms with Crippen LogP contribution in [0.5, 0.6) is 0 Å². The van der Waals surface area contributed by atoms with Gasteiger partial charge in [-0.05, 0) is 24.0 Å². The maximum Gasteiger partial charge on any atom is 0.245 e. The molecule has 18 heteroatoms. The van der Waals surface area contributed by atoms with Crippen molar-refractivity contribution in [1.82, 2.24) is 31.9 Å². The number of nitrogens with one attached hydrogen (secondary N) is 6. The van der Waals surface area contributed by atoms with E-state index in [9.17, 15) is 43.5 Å². The summed E-state index contributed by atoms with van der Waals surface area (Å²) in [5.74, 6) is -6.55. The number of rotatable bonds is 22. The van der Waals surface area contributed by atoms with Crippen LogP contribution in [0.3, 0.4) is 0 Å². The summed E-state index contributed by atoms with van der Waals surface area (Å²) in [5, 5.41) is 24.0. The molecule has 0 aromatic heterocycles. The molecule has 0 heterocycles. The molecule has 0 saturated carbocycles. The van der Waals surface area contributed by atoms with Gasteiger partial charge in [-0.3, -0.25) is 38.4 Å². The average molecular weight is 712 g/mol. The molecule has 0 bridgehead atoms. The summed E-state index contributed by atoms with van der Waals surface area (Å²) in [4.78, 5) is 98.7. The van der Waals surface area contributed by atoms with Crippen molar-refractivity contribution in [2.45, 2.75) is 56.3 Å². The number of hydrogen-bond donors (Lipinski definition) is 10. The number of amides is 8. The molecule has 0 saturated heterocycles. The molecule has 13 N–H and O–H groups in total. The molecule has 8 amide bonds. The summed E-state index contributed by atoms with van der Waals surface area (Å²) in [6.45, 7) is -1.89. The Labute approximate surface area is 294 Å². The van der Waals surface area contributed by atoms with Crippen LogP contribution >= 0.6 is 0 Å². The molecule has 2 aromatic carbocycles. The van der Waals surface area contributed by atoms with Crippen LogP contribution in [-0.4, -0.2) is 103 Å². The Hall–Kier alpha value is -5.88. The van der Waals surface area contributed by atoms with Gasteiger partial charge in [0.25, 0.3) is 0 Å². The summed E-state index contributed by atoms with van der Waals surface area (Å²) in [6, 6.07) is 12.8. The zero-order chi connectivity index (χ0) is 37.8. The van der Waals surface area contributed by atoms with Gasteiger partial charge < -0.3 is 54.2 Å². The number of aliphatic hydroxyl groups is 1. The van der Waals surface area contributed by atoms with Gasteiger partial charge in [-0.25, -0.2) is 0 Å². The Morgan fingerprint density at radius 1 is 0.608 bits per heavy atom. The fourth-order valence-corrected chi connectivity index (χ4v) is 4.52. The summed E-state index contributed by atoms with van der Waals surface area (Å²) >= 11 is 0. The van der Waals surface area contributed by atoms with E-state index in [0.717, 1.165) is 11.1 Å². The first-order valence-corrected chi connectivity index (χ1v) is 16.0. The lowest BCUT2D eigenvalue weighted by Gasteiger charge is -2.24. The number of benzene rings is 2. The number of hydrogen-bond acceptors (Lipinski definition) is 10. The van der Waals surface area contributed by atoms with E-state index in [1.807, 2.05) is 30.3 Å². The van der Waals surface area contributed by atoms with Crippen LogP contribution in [0.2, 0.25) is 0 Å². The van der Waals surface area contributed by atoms with Gasteiger partial charge in [0.1, 0.15) is 18.1 Å². The predicted molar refractivity (Wildman–Crippen MR) is 182 cm³/mol. The molecule has 0 fully saturated rings. The topological polar surface area (TPSA) is 307 Å². The molecule has 2 rings (SSSR count). The highest BCUT2D eigenvalue weighted by molar-refractivity contribution is 5.97. The lowest BCUT2D eigenvalue weighted by molar-refractivity contribution is -0.135. The highest BCUT2D eigenvalue weighted by Gasteiger charge is 2.31. The van der Waals surface area contributed by atoms with Crippen LogP contribution < -0.4 is 49.1 Å². The van der Waals surface area contributed by atoms with E-state index in [0.29, 0.717) is 6.42 Å². The second-order valence-electron chi connectivity index (χ2n) is 11.4. The van der Waals surface area contributed by atoms with Gasteiger partial charge >= 0.3 is 0 Å². The second-order valence-corrected chi connectivity index (χ2v) is 11.4. The lowest BCUT2D eigenvalue weighted by atomic mass is 10.0. The third kappa shape index (κ3) is 16.4. The maximum absolute atomic E-state index is 13.4. The van der Waals surface area contributed by atoms with E-state index >= 15 is 0 Å². The first kappa shape index (κ1) is 41.3. The SMILES string of the molecule is NC(=O)CC[C@H](N)C(=O)NCC(=O)NCC(=O)N[C@@H](CO)C(=O)N[C@@H](CC(N)=O)C(=O)N[C@@H](Cc1ccccc1)C(=O)NCCc1ccccc1. The van der Waals surface area contributed by atoms with Gasteiger partial charge in [-0.2, -0.15) is 0 Å². The zero-order valence-electron chi connectivity index (χ0n) is 27.9. The zero-order valence-corrected chi connectivity index (χ0v) is 27.9. The van der Waals surface area contributed by atoms with E-state index in [-0.39, 0.29) is 25.8 Å². The number of primary amides is 2. The largest absolute Gasteiger partial charge is 0.394 e. The van der Waals surface area contributed by atoms with Crippen molar-refractivity contribution in [3.63, 3.8) is 0 Å². The van der Waals surface area contributed by atoms with Crippen LogP contribution in [0.4, 0.5) is 0 Å². The van der Waals surface area contributed by atoms with E-state index in [4.69, 9.17) is 17.2 Å². The van der Waals surface area contributed by atoms with E-state index < -0.39 is 97.5 Å². The van der Waals surface area contributed by atoms with Crippen molar-refractivity contribution in [2.75, 3.05) is 26.2 Å². The smallest absolute Gasteiger partial charge is 0.245 e. The van der Waals surface area contributed by atoms with Crippen molar-refractivity contribution in [3.8, 4) is 0 Å². The van der Waals surface area contributed by atoms with Crippen LogP contribution in [0, 0.1) is 0 Å². The molecule has 0 aliphatic heterocycles. The molecule has 0 spiro atoms. The van der Waals surface area contributed by atoms with Gasteiger partial charge in [0.2, 0.25) is 47.3 Å². The number of aliphatic hydroxyl groups excluding tert-OH is 1. The van der Waals surface area contributed by atoms with Gasteiger partial charge in [-0.15, -0.1) is 0 Å². The minimum Gasteiger partial charge on any atom is -0.394 e. The molecule has 51 heavy (non-hydrogen) atoms. The molecule has 276 valence electrons. The highest BCUT2D eigenvalue weighted by Crippen LogP contribution is 2.06. The average Bonchev–Trinajstić information content (AvgIpc) is 3.10. The molecule has 0 aliphatic carbocycles. The molecule has 18 nitrogen and oxygen atoms in total. The summed E-state index contributed by atoms with van der Waals surface area (Å²) in [5.41, 5.74) is 17.7. The minimum atomic E-state index is -1.62. The number of carbonyl (C=O) groups is 8. The predicted octanol–water partition coefficient (Wildman–Crippen LogP) is -4.26. The van der Waals surface area contributed by atoms with Crippen molar-refractivity contribution in [2.24, 2.45) is 17.2 Å². The highest BCUT2D eigenvalue weighted by atomic mass is 16.3. The Kier molecular flexibility index (Phi) is 17.8. The normalized spacial score (nSPS) is 12.9. The fraction of sp³-hybridized carbons (Fsp3) is 0.394. The molecule has 0 aliphatic rings. The van der Waals surface area contributed by atoms with Crippen molar-refractivity contribution in [3.05, 3.63) is 71.8 Å². The molecule has 0 unspecified atom stereocenters. The summed E-state index contributed by atoms with van der Waals surface area (Å²) < 4.78 is 0. The lowest BCUT2D eigenvalue weighted by Crippen LogP contribution is -2.59. The third-order valence-electron chi connectivity index (χ3n) is 7.25. The van der Waals surface area contributed by atoms with Crippen molar-refractivity contribution in [1.29, 1.82) is 0 Å². The quantitative estimate of drug-likeness (QED) is 0.0561. The Morgan fingerprint density at radius 2 is 1.18 bits per heavy atom. The molecular weight excluding hydrogens is 666 g/mol. The van der Waals surface area contributed by atoms with Gasteiger partial charge in [0, 0.05) is 19.4 Å². The Bertz CT molecular complexity index is 1510. The third-order valence-corrected chi connectivity index (χ3v) is 7.25. The first-order chi connectivity index (χ1) is 24.3. The number of carbonyl (C=O) groups excluding carboxylic acids is 8. The standard InChI is InChI=1S/C33H45N9O9/c34-22(11-12-26(35)44)30(48)39-17-28(46)38-18-29(47)40-25(19-43)33(51)42-24(16-27(36)45)32(50)41-23(15-21-9-5-2-6-10-21)31(49)37-14-13-20-7-3-1-4-8-20/h1-10,22-25,43H,11-19,34H2,(H2,35,44)(H2,36,45)(H,37,49)(H,38,46)(H,39,48)(H,40,47)(H,41,50)(H,42,51)/t22-,23-,24-,25-/m0/s1. The monoisotopic (exact) mass is 711 g/mol. The van der Waals surface area contributed by atoms with Crippen molar-refractivity contribution < 1.29 is 43.5 Å². The van der Waals surface area contributed by atoms with Crippen LogP contribution in [0.15, 0.2) is 60.7 Å². The van der Waals surface area contributed by atoms with Gasteiger partial charge in [-0.1, -0.05) is 60.7 Å². The van der Waals surface area contributed by atoms with E-state index in [2.05, 4.69) is 31.9 Å². The molecule has 0 radical (unpaired) electrons. The Morgan fingerprint density at radius 3 is 1.76 bits per heavy atom. The van der Waals surface area contributed by atoms with Crippen molar-refractivity contribution >= 4 is 47.3 Å². The minimum absolute atomic E-state index is 0.0312. The summed E-state index contributed by atoms with van der Waals surface area (Å²) in [6.07, 6.45) is -0.229. The van der Waals surface area contributed by atoms with Crippen LogP contribution in [0.25, 0.3) is 0 Å². The van der Waals surface area contributed by atoms with Gasteiger partial charge in [0.05, 0.1) is 32.2 Å². The van der Waals surface area contributed by atoms with Crippen LogP contribution in [0.1, 0.15) is 30.4 Å². The van der Waals surface area contributed by atoms with E-state index in [1.54, 1.807) is 30.3 Å². The fourth-order valence-electron chi connectivity index (χ4n) is 4.52. The maximum atomic E-state index is 13.4. The number of nitrogens with two attached hydrogens (primary N) is 3. The van der Waals surface area contributed by atoms with Gasteiger partial charge in [0.15, 0.2) is 0 Å². The van der Waals surface area contributed by atoms with E-state index in [1.165, 1.54) is 0 Å². The first-order valence-electron chi connectivity index (χ1n) is 16.0. The Balaban J connectivity index is 1.98.